The van der Waals surface area contributed by atoms with Crippen LogP contribution in [0.15, 0.2) is 36.5 Å². The normalized spacial score (nSPS) is 18.9. The first kappa shape index (κ1) is 21.2. The maximum absolute atomic E-state index is 13.7. The second-order valence-electron chi connectivity index (χ2n) is 7.47. The van der Waals surface area contributed by atoms with Crippen molar-refractivity contribution in [3.8, 4) is 0 Å². The Balaban J connectivity index is 1.72. The fraction of sp³-hybridized carbons (Fsp3) is 0.350. The minimum atomic E-state index is -4.67. The van der Waals surface area contributed by atoms with Crippen LogP contribution in [0, 0.1) is 11.6 Å². The zero-order chi connectivity index (χ0) is 22.4. The van der Waals surface area contributed by atoms with Gasteiger partial charge in [0.25, 0.3) is 5.91 Å². The lowest BCUT2D eigenvalue weighted by atomic mass is 9.86. The molecule has 2 aliphatic heterocycles. The molecule has 2 aliphatic rings. The van der Waals surface area contributed by atoms with Gasteiger partial charge < -0.3 is 10.2 Å². The Morgan fingerprint density at radius 2 is 1.68 bits per heavy atom. The highest BCUT2D eigenvalue weighted by atomic mass is 19.4. The van der Waals surface area contributed by atoms with Gasteiger partial charge in [-0.2, -0.15) is 13.2 Å². The highest BCUT2D eigenvalue weighted by Gasteiger charge is 2.57. The number of hydrogen-bond acceptors (Lipinski definition) is 4. The average Bonchev–Trinajstić information content (AvgIpc) is 2.89. The molecule has 1 spiro atoms. The predicted octanol–water partition coefficient (Wildman–Crippen LogP) is 3.47. The summed E-state index contributed by atoms with van der Waals surface area (Å²) < 4.78 is 65.8. The third-order valence-electron chi connectivity index (χ3n) is 5.53. The van der Waals surface area contributed by atoms with E-state index in [2.05, 4.69) is 10.3 Å². The van der Waals surface area contributed by atoms with Crippen LogP contribution in [0.2, 0.25) is 0 Å². The molecule has 0 radical (unpaired) electrons. The van der Waals surface area contributed by atoms with E-state index < -0.39 is 41.0 Å². The van der Waals surface area contributed by atoms with Crippen molar-refractivity contribution in [3.63, 3.8) is 0 Å². The highest BCUT2D eigenvalue weighted by molar-refractivity contribution is 6.23. The van der Waals surface area contributed by atoms with Gasteiger partial charge in [-0.1, -0.05) is 0 Å². The number of piperidine rings is 1. The van der Waals surface area contributed by atoms with Crippen LogP contribution < -0.4 is 10.2 Å². The summed E-state index contributed by atoms with van der Waals surface area (Å²) >= 11 is 0. The van der Waals surface area contributed by atoms with Gasteiger partial charge in [0.15, 0.2) is 0 Å². The monoisotopic (exact) mass is 440 g/mol. The van der Waals surface area contributed by atoms with E-state index in [1.165, 1.54) is 4.90 Å². The minimum absolute atomic E-state index is 0.103. The maximum Gasteiger partial charge on any atom is 0.433 e. The number of carbonyl (C=O) groups excluding carboxylic acids is 2. The predicted molar refractivity (Wildman–Crippen MR) is 98.9 cm³/mol. The van der Waals surface area contributed by atoms with E-state index in [1.54, 1.807) is 0 Å². The van der Waals surface area contributed by atoms with Crippen LogP contribution in [-0.2, 0) is 17.5 Å². The van der Waals surface area contributed by atoms with Crippen LogP contribution in [0.3, 0.4) is 0 Å². The van der Waals surface area contributed by atoms with E-state index in [9.17, 15) is 31.5 Å². The summed E-state index contributed by atoms with van der Waals surface area (Å²) in [5, 5.41) is 3.09. The second kappa shape index (κ2) is 7.56. The van der Waals surface area contributed by atoms with E-state index in [-0.39, 0.29) is 30.6 Å². The lowest BCUT2D eigenvalue weighted by Crippen LogP contribution is -2.55. The zero-order valence-corrected chi connectivity index (χ0v) is 16.0. The van der Waals surface area contributed by atoms with Gasteiger partial charge in [0.2, 0.25) is 0 Å². The molecular formula is C20H17F5N4O2. The van der Waals surface area contributed by atoms with Gasteiger partial charge in [0.05, 0.1) is 11.9 Å². The molecule has 0 saturated carbocycles. The molecule has 1 N–H and O–H groups in total. The van der Waals surface area contributed by atoms with Crippen molar-refractivity contribution < 1.29 is 31.5 Å². The van der Waals surface area contributed by atoms with E-state index in [4.69, 9.17) is 0 Å². The number of benzene rings is 1. The van der Waals surface area contributed by atoms with Crippen LogP contribution in [0.4, 0.5) is 32.4 Å². The molecule has 0 unspecified atom stereocenters. The largest absolute Gasteiger partial charge is 0.433 e. The molecule has 0 atom stereocenters. The number of amides is 3. The summed E-state index contributed by atoms with van der Waals surface area (Å²) in [5.74, 6) is -2.25. The van der Waals surface area contributed by atoms with Gasteiger partial charge in [0.1, 0.15) is 22.9 Å². The number of aromatic nitrogens is 1. The Kier molecular flexibility index (Phi) is 5.16. The maximum atomic E-state index is 13.7. The minimum Gasteiger partial charge on any atom is -0.317 e. The van der Waals surface area contributed by atoms with Gasteiger partial charge in [-0.05, 0) is 55.8 Å². The van der Waals surface area contributed by atoms with Crippen molar-refractivity contribution >= 4 is 17.6 Å². The molecule has 0 bridgehead atoms. The number of alkyl halides is 3. The molecule has 2 saturated heterocycles. The molecule has 2 aromatic rings. The van der Waals surface area contributed by atoms with E-state index in [1.807, 2.05) is 0 Å². The van der Waals surface area contributed by atoms with Gasteiger partial charge in [-0.25, -0.2) is 23.5 Å². The van der Waals surface area contributed by atoms with E-state index >= 15 is 0 Å². The summed E-state index contributed by atoms with van der Waals surface area (Å²) in [6, 6.07) is 3.75. The van der Waals surface area contributed by atoms with Crippen molar-refractivity contribution in [1.82, 2.24) is 15.2 Å². The number of pyridine rings is 1. The molecular weight excluding hydrogens is 423 g/mol. The Labute approximate surface area is 173 Å². The first-order valence-electron chi connectivity index (χ1n) is 9.47. The molecule has 164 valence electrons. The lowest BCUT2D eigenvalue weighted by molar-refractivity contribution is -0.141. The number of hydrogen-bond donors (Lipinski definition) is 1. The Bertz CT molecular complexity index is 999. The van der Waals surface area contributed by atoms with Crippen molar-refractivity contribution in [2.75, 3.05) is 18.0 Å². The fourth-order valence-corrected chi connectivity index (χ4v) is 4.06. The quantitative estimate of drug-likeness (QED) is 0.587. The molecule has 11 heteroatoms. The van der Waals surface area contributed by atoms with Crippen LogP contribution in [0.1, 0.15) is 24.1 Å². The van der Waals surface area contributed by atoms with Gasteiger partial charge >= 0.3 is 12.2 Å². The Morgan fingerprint density at radius 3 is 2.23 bits per heavy atom. The van der Waals surface area contributed by atoms with Crippen molar-refractivity contribution in [1.29, 1.82) is 0 Å². The number of rotatable bonds is 3. The third kappa shape index (κ3) is 3.73. The van der Waals surface area contributed by atoms with Crippen LogP contribution >= 0.6 is 0 Å². The first-order chi connectivity index (χ1) is 14.6. The summed E-state index contributed by atoms with van der Waals surface area (Å²) in [7, 11) is 0. The van der Waals surface area contributed by atoms with Crippen molar-refractivity contribution in [2.24, 2.45) is 0 Å². The van der Waals surface area contributed by atoms with Crippen LogP contribution in [-0.4, -0.2) is 40.5 Å². The molecule has 0 aliphatic carbocycles. The van der Waals surface area contributed by atoms with Crippen molar-refractivity contribution in [2.45, 2.75) is 31.1 Å². The number of nitrogens with one attached hydrogen (secondary N) is 1. The highest BCUT2D eigenvalue weighted by Crippen LogP contribution is 2.39. The zero-order valence-electron chi connectivity index (χ0n) is 16.0. The SMILES string of the molecule is O=C1N(c2ccc(C(F)(F)F)nc2)C(=O)C2(CCNCC2)N1Cc1cc(F)cc(F)c1. The van der Waals surface area contributed by atoms with Crippen molar-refractivity contribution in [3.05, 3.63) is 59.4 Å². The summed E-state index contributed by atoms with van der Waals surface area (Å²) in [6.07, 6.45) is -3.35. The average molecular weight is 440 g/mol. The molecule has 3 heterocycles. The molecule has 3 amide bonds. The van der Waals surface area contributed by atoms with Crippen LogP contribution in [0.25, 0.3) is 0 Å². The summed E-state index contributed by atoms with van der Waals surface area (Å²) in [5.41, 5.74) is -2.37. The summed E-state index contributed by atoms with van der Waals surface area (Å²) in [4.78, 5) is 31.9. The van der Waals surface area contributed by atoms with Gasteiger partial charge in [-0.3, -0.25) is 4.79 Å². The van der Waals surface area contributed by atoms with E-state index in [0.717, 1.165) is 29.3 Å². The molecule has 1 aromatic heterocycles. The molecule has 2 fully saturated rings. The number of imide groups is 1. The van der Waals surface area contributed by atoms with Gasteiger partial charge in [0, 0.05) is 12.6 Å². The van der Waals surface area contributed by atoms with Gasteiger partial charge in [-0.15, -0.1) is 0 Å². The third-order valence-corrected chi connectivity index (χ3v) is 5.53. The Morgan fingerprint density at radius 1 is 1.03 bits per heavy atom. The molecule has 4 rings (SSSR count). The number of anilines is 1. The van der Waals surface area contributed by atoms with E-state index in [0.29, 0.717) is 25.2 Å². The number of nitrogens with zero attached hydrogens (tertiary/aromatic N) is 3. The lowest BCUT2D eigenvalue weighted by Gasteiger charge is -2.38. The standard InChI is InChI=1S/C20H17F5N4O2/c21-13-7-12(8-14(22)9-13)11-28-18(31)29(17(30)19(28)3-5-26-6-4-19)15-1-2-16(27-10-15)20(23,24)25/h1-2,7-10,26H,3-6,11H2. The number of halogens is 5. The number of urea groups is 1. The number of carbonyl (C=O) groups is 2. The Hall–Kier alpha value is -3.08. The molecule has 6 nitrogen and oxygen atoms in total. The smallest absolute Gasteiger partial charge is 0.317 e. The fourth-order valence-electron chi connectivity index (χ4n) is 4.06. The molecule has 31 heavy (non-hydrogen) atoms. The second-order valence-corrected chi connectivity index (χ2v) is 7.47. The summed E-state index contributed by atoms with van der Waals surface area (Å²) in [6.45, 7) is 0.613. The topological polar surface area (TPSA) is 65.5 Å². The van der Waals surface area contributed by atoms with Crippen LogP contribution in [0.5, 0.6) is 0 Å². The molecule has 1 aromatic carbocycles. The first-order valence-corrected chi connectivity index (χ1v) is 9.47.